The first-order valence-corrected chi connectivity index (χ1v) is 7.83. The van der Waals surface area contributed by atoms with Crippen molar-refractivity contribution in [2.24, 2.45) is 5.84 Å². The third-order valence-corrected chi connectivity index (χ3v) is 3.92. The maximum Gasteiger partial charge on any atom is 0.251 e. The van der Waals surface area contributed by atoms with Gasteiger partial charge in [-0.3, -0.25) is 4.79 Å². The third kappa shape index (κ3) is 4.45. The average Bonchev–Trinajstić information content (AvgIpc) is 2.46. The normalized spacial score (nSPS) is 10.6. The highest BCUT2D eigenvalue weighted by atomic mass is 35.5. The Kier molecular flexibility index (Phi) is 5.60. The van der Waals surface area contributed by atoms with Crippen LogP contribution in [0.3, 0.4) is 0 Å². The van der Waals surface area contributed by atoms with Gasteiger partial charge in [-0.25, -0.2) is 15.8 Å². The fourth-order valence-electron chi connectivity index (χ4n) is 1.74. The number of halogens is 1. The number of anilines is 1. The molecule has 0 amide bonds. The number of aromatic nitrogens is 3. The van der Waals surface area contributed by atoms with E-state index < -0.39 is 0 Å². The van der Waals surface area contributed by atoms with Crippen LogP contribution in [0, 0.1) is 0 Å². The van der Waals surface area contributed by atoms with Gasteiger partial charge in [0, 0.05) is 17.5 Å². The van der Waals surface area contributed by atoms with Crippen molar-refractivity contribution < 1.29 is 0 Å². The number of pyridine rings is 1. The molecule has 2 rings (SSSR count). The highest BCUT2D eigenvalue weighted by Gasteiger charge is 2.07. The highest BCUT2D eigenvalue weighted by Crippen LogP contribution is 2.24. The van der Waals surface area contributed by atoms with Gasteiger partial charge in [0.1, 0.15) is 5.82 Å². The Morgan fingerprint density at radius 3 is 2.95 bits per heavy atom. The molecule has 0 saturated carbocycles. The molecule has 0 aliphatic heterocycles. The van der Waals surface area contributed by atoms with Crippen LogP contribution in [0.5, 0.6) is 0 Å². The number of hydrogen-bond acceptors (Lipinski definition) is 6. The summed E-state index contributed by atoms with van der Waals surface area (Å²) in [7, 11) is 0. The predicted molar refractivity (Wildman–Crippen MR) is 85.5 cm³/mol. The van der Waals surface area contributed by atoms with Gasteiger partial charge in [0.2, 0.25) is 0 Å². The summed E-state index contributed by atoms with van der Waals surface area (Å²) in [6, 6.07) is 4.94. The number of nitrogens with one attached hydrogen (secondary N) is 2. The number of nitrogens with two attached hydrogens (primary N) is 1. The van der Waals surface area contributed by atoms with Crippen molar-refractivity contribution >= 4 is 29.2 Å². The standard InChI is InChI=1S/C13H16ClN5OS/c1-2-3-8-6-12(20)18-13(16-8)21-7-10-9(14)4-5-11(17-10)19-15/h4-6H,2-3,7,15H2,1H3,(H,17,19)(H,16,18,20). The topological polar surface area (TPSA) is 96.7 Å². The van der Waals surface area contributed by atoms with Crippen molar-refractivity contribution in [2.75, 3.05) is 5.43 Å². The zero-order valence-electron chi connectivity index (χ0n) is 11.5. The van der Waals surface area contributed by atoms with Crippen LogP contribution in [0.2, 0.25) is 5.02 Å². The molecule has 0 bridgehead atoms. The smallest absolute Gasteiger partial charge is 0.251 e. The Hall–Kier alpha value is -1.57. The van der Waals surface area contributed by atoms with Crippen LogP contribution in [-0.4, -0.2) is 15.0 Å². The van der Waals surface area contributed by atoms with Crippen LogP contribution in [0.1, 0.15) is 24.7 Å². The van der Waals surface area contributed by atoms with Crippen LogP contribution < -0.4 is 16.8 Å². The van der Waals surface area contributed by atoms with Crippen molar-refractivity contribution in [1.82, 2.24) is 15.0 Å². The van der Waals surface area contributed by atoms with Gasteiger partial charge in [0.05, 0.1) is 10.7 Å². The molecule has 0 radical (unpaired) electrons. The summed E-state index contributed by atoms with van der Waals surface area (Å²) >= 11 is 7.47. The van der Waals surface area contributed by atoms with E-state index in [0.717, 1.165) is 18.5 Å². The minimum absolute atomic E-state index is 0.146. The first-order chi connectivity index (χ1) is 10.1. The zero-order chi connectivity index (χ0) is 15.2. The fraction of sp³-hybridized carbons (Fsp3) is 0.308. The summed E-state index contributed by atoms with van der Waals surface area (Å²) in [5, 5.41) is 1.11. The van der Waals surface area contributed by atoms with Crippen LogP contribution in [-0.2, 0) is 12.2 Å². The first-order valence-electron chi connectivity index (χ1n) is 6.47. The first kappa shape index (κ1) is 15.8. The molecule has 0 aliphatic rings. The second-order valence-corrected chi connectivity index (χ2v) is 5.72. The van der Waals surface area contributed by atoms with Crippen LogP contribution in [0.4, 0.5) is 5.82 Å². The van der Waals surface area contributed by atoms with Crippen molar-refractivity contribution in [3.8, 4) is 0 Å². The summed E-state index contributed by atoms with van der Waals surface area (Å²) in [5.41, 5.74) is 3.80. The maximum atomic E-state index is 11.6. The largest absolute Gasteiger partial charge is 0.308 e. The minimum Gasteiger partial charge on any atom is -0.308 e. The van der Waals surface area contributed by atoms with E-state index in [0.29, 0.717) is 27.4 Å². The van der Waals surface area contributed by atoms with E-state index in [4.69, 9.17) is 17.4 Å². The van der Waals surface area contributed by atoms with Crippen molar-refractivity contribution in [1.29, 1.82) is 0 Å². The van der Waals surface area contributed by atoms with E-state index in [-0.39, 0.29) is 5.56 Å². The molecule has 0 aromatic carbocycles. The Morgan fingerprint density at radius 2 is 2.24 bits per heavy atom. The molecule has 0 fully saturated rings. The lowest BCUT2D eigenvalue weighted by molar-refractivity contribution is 0.815. The number of hydrogen-bond donors (Lipinski definition) is 3. The summed E-state index contributed by atoms with van der Waals surface area (Å²) in [6.45, 7) is 2.05. The van der Waals surface area contributed by atoms with Gasteiger partial charge in [-0.15, -0.1) is 0 Å². The van der Waals surface area contributed by atoms with Gasteiger partial charge < -0.3 is 10.4 Å². The number of H-pyrrole nitrogens is 1. The quantitative estimate of drug-likeness (QED) is 0.326. The van der Waals surface area contributed by atoms with E-state index in [2.05, 4.69) is 20.4 Å². The average molecular weight is 326 g/mol. The summed E-state index contributed by atoms with van der Waals surface area (Å²) in [4.78, 5) is 23.0. The molecule has 2 aromatic rings. The number of aromatic amines is 1. The SMILES string of the molecule is CCCc1cc(=O)[nH]c(SCc2nc(NN)ccc2Cl)n1. The fourth-order valence-corrected chi connectivity index (χ4v) is 2.84. The molecule has 0 unspecified atom stereocenters. The van der Waals surface area contributed by atoms with E-state index in [1.807, 2.05) is 6.92 Å². The van der Waals surface area contributed by atoms with Crippen molar-refractivity contribution in [2.45, 2.75) is 30.7 Å². The second-order valence-electron chi connectivity index (χ2n) is 4.35. The number of hydrazine groups is 1. The van der Waals surface area contributed by atoms with E-state index in [1.165, 1.54) is 17.8 Å². The second kappa shape index (κ2) is 7.44. The van der Waals surface area contributed by atoms with Crippen LogP contribution >= 0.6 is 23.4 Å². The minimum atomic E-state index is -0.146. The lowest BCUT2D eigenvalue weighted by Gasteiger charge is -2.06. The van der Waals surface area contributed by atoms with Gasteiger partial charge >= 0.3 is 0 Å². The molecule has 4 N–H and O–H groups in total. The molecular formula is C13H16ClN5OS. The Labute approximate surface area is 131 Å². The molecule has 0 spiro atoms. The number of rotatable bonds is 6. The zero-order valence-corrected chi connectivity index (χ0v) is 13.1. The van der Waals surface area contributed by atoms with E-state index >= 15 is 0 Å². The summed E-state index contributed by atoms with van der Waals surface area (Å²) < 4.78 is 0. The third-order valence-electron chi connectivity index (χ3n) is 2.69. The van der Waals surface area contributed by atoms with Gasteiger partial charge in [0.25, 0.3) is 5.56 Å². The number of aryl methyl sites for hydroxylation is 1. The van der Waals surface area contributed by atoms with Crippen molar-refractivity contribution in [3.63, 3.8) is 0 Å². The molecule has 0 saturated heterocycles. The molecule has 8 heteroatoms. The molecule has 0 atom stereocenters. The number of nitrogen functional groups attached to an aromatic ring is 1. The lowest BCUT2D eigenvalue weighted by Crippen LogP contribution is -2.10. The molecular weight excluding hydrogens is 310 g/mol. The van der Waals surface area contributed by atoms with Gasteiger partial charge in [-0.1, -0.05) is 36.7 Å². The molecule has 112 valence electrons. The maximum absolute atomic E-state index is 11.6. The monoisotopic (exact) mass is 325 g/mol. The Morgan fingerprint density at radius 1 is 1.43 bits per heavy atom. The Bertz CT molecular complexity index is 676. The van der Waals surface area contributed by atoms with Crippen LogP contribution in [0.15, 0.2) is 28.2 Å². The summed E-state index contributed by atoms with van der Waals surface area (Å²) in [5.74, 6) is 6.36. The molecule has 21 heavy (non-hydrogen) atoms. The molecule has 2 heterocycles. The Balaban J connectivity index is 2.14. The van der Waals surface area contributed by atoms with Gasteiger partial charge in [0.15, 0.2) is 5.16 Å². The highest BCUT2D eigenvalue weighted by molar-refractivity contribution is 7.98. The van der Waals surface area contributed by atoms with Gasteiger partial charge in [-0.05, 0) is 18.6 Å². The molecule has 2 aromatic heterocycles. The number of nitrogens with zero attached hydrogens (tertiary/aromatic N) is 2. The lowest BCUT2D eigenvalue weighted by atomic mass is 10.2. The van der Waals surface area contributed by atoms with E-state index in [9.17, 15) is 4.79 Å². The van der Waals surface area contributed by atoms with E-state index in [1.54, 1.807) is 12.1 Å². The molecule has 0 aliphatic carbocycles. The summed E-state index contributed by atoms with van der Waals surface area (Å²) in [6.07, 6.45) is 1.72. The van der Waals surface area contributed by atoms with Gasteiger partial charge in [-0.2, -0.15) is 0 Å². The molecule has 6 nitrogen and oxygen atoms in total. The van der Waals surface area contributed by atoms with Crippen LogP contribution in [0.25, 0.3) is 0 Å². The number of thioether (sulfide) groups is 1. The predicted octanol–water partition coefficient (Wildman–Crippen LogP) is 2.35. The van der Waals surface area contributed by atoms with Crippen molar-refractivity contribution in [3.05, 3.63) is 45.0 Å².